The number of aliphatic imine (C=N–C) groups is 2. The predicted molar refractivity (Wildman–Crippen MR) is 107 cm³/mol. The molecule has 7 nitrogen and oxygen atoms in total. The van der Waals surface area contributed by atoms with Crippen LogP contribution < -0.4 is 0 Å². The minimum Gasteiger partial charge on any atom is -0.507 e. The third kappa shape index (κ3) is 4.39. The van der Waals surface area contributed by atoms with Gasteiger partial charge < -0.3 is 10.2 Å². The van der Waals surface area contributed by atoms with Crippen molar-refractivity contribution in [1.29, 1.82) is 0 Å². The van der Waals surface area contributed by atoms with E-state index >= 15 is 0 Å². The van der Waals surface area contributed by atoms with Gasteiger partial charge in [0.2, 0.25) is 0 Å². The van der Waals surface area contributed by atoms with Crippen LogP contribution in [0.2, 0.25) is 0 Å². The number of para-hydroxylation sites is 3. The quantitative estimate of drug-likeness (QED) is 0.381. The molecular weight excluding hydrogens is 358 g/mol. The zero-order valence-electron chi connectivity index (χ0n) is 14.7. The van der Waals surface area contributed by atoms with Gasteiger partial charge in [0, 0.05) is 29.6 Å². The molecule has 0 atom stereocenters. The van der Waals surface area contributed by atoms with Crippen LogP contribution >= 0.6 is 0 Å². The van der Waals surface area contributed by atoms with Crippen LogP contribution in [-0.2, 0) is 0 Å². The number of nitro groups is 1. The summed E-state index contributed by atoms with van der Waals surface area (Å²) in [7, 11) is 0. The minimum absolute atomic E-state index is 0.0391. The molecule has 3 aromatic rings. The fraction of sp³-hybridized carbons (Fsp3) is 0.0476. The molecule has 3 rings (SSSR count). The van der Waals surface area contributed by atoms with Crippen molar-refractivity contribution in [3.05, 3.63) is 99.6 Å². The van der Waals surface area contributed by atoms with Crippen molar-refractivity contribution in [3.63, 3.8) is 0 Å². The fourth-order valence-corrected chi connectivity index (χ4v) is 2.57. The Morgan fingerprint density at radius 1 is 0.786 bits per heavy atom. The van der Waals surface area contributed by atoms with Crippen molar-refractivity contribution in [2.75, 3.05) is 0 Å². The summed E-state index contributed by atoms with van der Waals surface area (Å²) in [5, 5.41) is 31.2. The maximum Gasteiger partial charge on any atom is 0.276 e. The summed E-state index contributed by atoms with van der Waals surface area (Å²) >= 11 is 0. The largest absolute Gasteiger partial charge is 0.507 e. The maximum absolute atomic E-state index is 11.4. The van der Waals surface area contributed by atoms with Crippen LogP contribution in [0.15, 0.2) is 82.8 Å². The van der Waals surface area contributed by atoms with Gasteiger partial charge in [-0.1, -0.05) is 36.4 Å². The molecule has 0 unspecified atom stereocenters. The Balaban J connectivity index is 2.03. The van der Waals surface area contributed by atoms with Crippen LogP contribution in [0.4, 0.5) is 5.69 Å². The average Bonchev–Trinajstić information content (AvgIpc) is 2.70. The highest BCUT2D eigenvalue weighted by Gasteiger charge is 2.20. The summed E-state index contributed by atoms with van der Waals surface area (Å²) < 4.78 is 0. The van der Waals surface area contributed by atoms with E-state index in [2.05, 4.69) is 9.98 Å². The van der Waals surface area contributed by atoms with Gasteiger partial charge in [-0.15, -0.1) is 0 Å². The number of nitro benzene ring substituents is 1. The number of aromatic hydroxyl groups is 2. The van der Waals surface area contributed by atoms with Gasteiger partial charge in [-0.25, -0.2) is 0 Å². The lowest BCUT2D eigenvalue weighted by molar-refractivity contribution is -0.385. The summed E-state index contributed by atoms with van der Waals surface area (Å²) in [6.07, 6.45) is 1.90. The Morgan fingerprint density at radius 2 is 1.25 bits per heavy atom. The van der Waals surface area contributed by atoms with Gasteiger partial charge in [0.15, 0.2) is 6.17 Å². The standard InChI is InChI=1S/C21H17N3O4/c25-19-11-5-1-7-15(19)13-22-21(17-9-3-4-10-18(17)24(27)28)23-14-16-8-2-6-12-20(16)26/h1-14,21,25-26H/b22-13+,23-14+. The molecule has 0 aliphatic carbocycles. The van der Waals surface area contributed by atoms with Gasteiger partial charge in [0.05, 0.1) is 10.5 Å². The molecule has 0 fully saturated rings. The topological polar surface area (TPSA) is 108 Å². The maximum atomic E-state index is 11.4. The zero-order chi connectivity index (χ0) is 19.9. The van der Waals surface area contributed by atoms with Gasteiger partial charge in [-0.3, -0.25) is 20.1 Å². The Bertz CT molecular complexity index is 992. The second-order valence-corrected chi connectivity index (χ2v) is 5.86. The van der Waals surface area contributed by atoms with Gasteiger partial charge in [-0.2, -0.15) is 0 Å². The third-order valence-electron chi connectivity index (χ3n) is 3.99. The summed E-state index contributed by atoms with van der Waals surface area (Å²) in [5.41, 5.74) is 1.11. The number of nitrogens with zero attached hydrogens (tertiary/aromatic N) is 3. The van der Waals surface area contributed by atoms with Crippen LogP contribution in [0.3, 0.4) is 0 Å². The lowest BCUT2D eigenvalue weighted by Gasteiger charge is -2.09. The van der Waals surface area contributed by atoms with E-state index < -0.39 is 11.1 Å². The van der Waals surface area contributed by atoms with Crippen molar-refractivity contribution in [3.8, 4) is 11.5 Å². The lowest BCUT2D eigenvalue weighted by atomic mass is 10.1. The molecule has 140 valence electrons. The molecule has 28 heavy (non-hydrogen) atoms. The van der Waals surface area contributed by atoms with Crippen LogP contribution in [0.25, 0.3) is 0 Å². The first-order valence-corrected chi connectivity index (χ1v) is 8.42. The molecule has 3 aromatic carbocycles. The third-order valence-corrected chi connectivity index (χ3v) is 3.99. The Hall–Kier alpha value is -4.00. The Labute approximate surface area is 161 Å². The molecule has 0 aliphatic rings. The van der Waals surface area contributed by atoms with Gasteiger partial charge in [0.25, 0.3) is 5.69 Å². The number of hydrogen-bond donors (Lipinski definition) is 2. The highest BCUT2D eigenvalue weighted by molar-refractivity contribution is 5.85. The number of rotatable bonds is 6. The van der Waals surface area contributed by atoms with E-state index in [-0.39, 0.29) is 17.2 Å². The first-order chi connectivity index (χ1) is 13.6. The molecule has 7 heteroatoms. The Morgan fingerprint density at radius 3 is 1.75 bits per heavy atom. The van der Waals surface area contributed by atoms with Crippen molar-refractivity contribution in [1.82, 2.24) is 0 Å². The van der Waals surface area contributed by atoms with Crippen molar-refractivity contribution < 1.29 is 15.1 Å². The molecule has 0 spiro atoms. The normalized spacial score (nSPS) is 11.5. The molecule has 0 aromatic heterocycles. The van der Waals surface area contributed by atoms with Gasteiger partial charge >= 0.3 is 0 Å². The van der Waals surface area contributed by atoms with E-state index in [0.717, 1.165) is 0 Å². The predicted octanol–water partition coefficient (Wildman–Crippen LogP) is 4.24. The summed E-state index contributed by atoms with van der Waals surface area (Å²) in [6.45, 7) is 0. The zero-order valence-corrected chi connectivity index (χ0v) is 14.7. The molecule has 0 heterocycles. The first kappa shape index (κ1) is 18.8. The molecule has 0 saturated carbocycles. The summed E-state index contributed by atoms with van der Waals surface area (Å²) in [6, 6.07) is 19.4. The van der Waals surface area contributed by atoms with Gasteiger partial charge in [0.1, 0.15) is 11.5 Å². The molecular formula is C21H17N3O4. The highest BCUT2D eigenvalue weighted by atomic mass is 16.6. The number of phenolic OH excluding ortho intramolecular Hbond substituents is 2. The van der Waals surface area contributed by atoms with Crippen molar-refractivity contribution in [2.45, 2.75) is 6.17 Å². The molecule has 0 amide bonds. The molecule has 0 bridgehead atoms. The number of phenols is 2. The summed E-state index contributed by atoms with van der Waals surface area (Å²) in [4.78, 5) is 19.6. The Kier molecular flexibility index (Phi) is 5.76. The monoisotopic (exact) mass is 375 g/mol. The molecule has 2 N–H and O–H groups in total. The molecule has 0 radical (unpaired) electrons. The first-order valence-electron chi connectivity index (χ1n) is 8.42. The van der Waals surface area contributed by atoms with Crippen molar-refractivity contribution in [2.24, 2.45) is 9.98 Å². The van der Waals surface area contributed by atoms with E-state index in [1.165, 1.54) is 30.6 Å². The second-order valence-electron chi connectivity index (χ2n) is 5.86. The van der Waals surface area contributed by atoms with Crippen LogP contribution in [-0.4, -0.2) is 27.6 Å². The average molecular weight is 375 g/mol. The van der Waals surface area contributed by atoms with Crippen LogP contribution in [0.5, 0.6) is 11.5 Å². The second kappa shape index (κ2) is 8.59. The minimum atomic E-state index is -0.930. The number of benzene rings is 3. The smallest absolute Gasteiger partial charge is 0.276 e. The van der Waals surface area contributed by atoms with E-state index in [1.54, 1.807) is 54.6 Å². The molecule has 0 aliphatic heterocycles. The van der Waals surface area contributed by atoms with E-state index in [9.17, 15) is 20.3 Å². The van der Waals surface area contributed by atoms with Crippen LogP contribution in [0, 0.1) is 10.1 Å². The molecule has 0 saturated heterocycles. The van der Waals surface area contributed by atoms with Crippen molar-refractivity contribution >= 4 is 18.1 Å². The van der Waals surface area contributed by atoms with Gasteiger partial charge in [-0.05, 0) is 30.3 Å². The SMILES string of the molecule is O=[N+]([O-])c1ccccc1C(/N=C/c1ccccc1O)/N=C/c1ccccc1O. The summed E-state index contributed by atoms with van der Waals surface area (Å²) in [5.74, 6) is 0.0782. The van der Waals surface area contributed by atoms with E-state index in [4.69, 9.17) is 0 Å². The van der Waals surface area contributed by atoms with Crippen LogP contribution in [0.1, 0.15) is 22.9 Å². The lowest BCUT2D eigenvalue weighted by Crippen LogP contribution is -2.00. The van der Waals surface area contributed by atoms with E-state index in [1.807, 2.05) is 0 Å². The number of hydrogen-bond acceptors (Lipinski definition) is 6. The van der Waals surface area contributed by atoms with E-state index in [0.29, 0.717) is 16.7 Å². The highest BCUT2D eigenvalue weighted by Crippen LogP contribution is 2.29. The fourth-order valence-electron chi connectivity index (χ4n) is 2.57.